The Balaban J connectivity index is 1.76. The molecule has 0 fully saturated rings. The van der Waals surface area contributed by atoms with E-state index in [4.69, 9.17) is 21.7 Å². The van der Waals surface area contributed by atoms with Gasteiger partial charge in [0.2, 0.25) is 0 Å². The van der Waals surface area contributed by atoms with Crippen molar-refractivity contribution < 1.29 is 19.1 Å². The standard InChI is InChI=1S/C21H24BrN3O4S/c1-3-4-10-28-18-9-8-15(12-17(18)22)20(27)23-21(30)25-24-19(26)13-29-16-7-5-6-14(2)11-16/h5-9,11-12H,3-4,10,13H2,1-2H3,(H,24,26)(H2,23,25,27,30). The molecule has 9 heteroatoms. The fraction of sp³-hybridized carbons (Fsp3) is 0.286. The van der Waals surface area contributed by atoms with Crippen LogP contribution in [0.1, 0.15) is 35.7 Å². The fourth-order valence-corrected chi connectivity index (χ4v) is 2.95. The Bertz CT molecular complexity index is 908. The van der Waals surface area contributed by atoms with Crippen LogP contribution in [-0.4, -0.2) is 30.1 Å². The maximum absolute atomic E-state index is 12.3. The Morgan fingerprint density at radius 3 is 2.60 bits per heavy atom. The Morgan fingerprint density at radius 2 is 1.90 bits per heavy atom. The van der Waals surface area contributed by atoms with Gasteiger partial charge in [-0.1, -0.05) is 25.5 Å². The molecule has 0 aromatic heterocycles. The minimum Gasteiger partial charge on any atom is -0.492 e. The van der Waals surface area contributed by atoms with Crippen LogP contribution in [0.3, 0.4) is 0 Å². The summed E-state index contributed by atoms with van der Waals surface area (Å²) in [6.45, 7) is 4.44. The van der Waals surface area contributed by atoms with Gasteiger partial charge in [0.05, 0.1) is 11.1 Å². The number of aryl methyl sites for hydroxylation is 1. The summed E-state index contributed by atoms with van der Waals surface area (Å²) in [4.78, 5) is 24.2. The molecule has 2 aromatic rings. The normalized spacial score (nSPS) is 10.1. The minimum atomic E-state index is -0.440. The molecule has 0 unspecified atom stereocenters. The third-order valence-corrected chi connectivity index (χ3v) is 4.68. The average molecular weight is 494 g/mol. The van der Waals surface area contributed by atoms with E-state index in [2.05, 4.69) is 39.0 Å². The topological polar surface area (TPSA) is 88.7 Å². The van der Waals surface area contributed by atoms with Gasteiger partial charge in [-0.25, -0.2) is 0 Å². The van der Waals surface area contributed by atoms with E-state index in [0.29, 0.717) is 28.1 Å². The van der Waals surface area contributed by atoms with Gasteiger partial charge in [0.15, 0.2) is 11.7 Å². The molecule has 0 aliphatic rings. The second-order valence-electron chi connectivity index (χ2n) is 6.41. The number of hydrazine groups is 1. The Labute approximate surface area is 189 Å². The van der Waals surface area contributed by atoms with Gasteiger partial charge in [0.25, 0.3) is 11.8 Å². The molecule has 0 saturated carbocycles. The van der Waals surface area contributed by atoms with Gasteiger partial charge in [0.1, 0.15) is 11.5 Å². The van der Waals surface area contributed by atoms with Crippen molar-refractivity contribution in [1.82, 2.24) is 16.2 Å². The van der Waals surface area contributed by atoms with E-state index in [-0.39, 0.29) is 11.7 Å². The fourth-order valence-electron chi connectivity index (χ4n) is 2.31. The van der Waals surface area contributed by atoms with Crippen molar-refractivity contribution in [1.29, 1.82) is 0 Å². The number of amides is 2. The van der Waals surface area contributed by atoms with Gasteiger partial charge in [-0.05, 0) is 77.4 Å². The molecule has 160 valence electrons. The van der Waals surface area contributed by atoms with Crippen LogP contribution in [0, 0.1) is 6.92 Å². The summed E-state index contributed by atoms with van der Waals surface area (Å²) < 4.78 is 11.7. The number of halogens is 1. The molecule has 0 aliphatic carbocycles. The number of nitrogens with one attached hydrogen (secondary N) is 3. The quantitative estimate of drug-likeness (QED) is 0.295. The van der Waals surface area contributed by atoms with Crippen molar-refractivity contribution in [2.24, 2.45) is 0 Å². The van der Waals surface area contributed by atoms with Crippen LogP contribution in [0.2, 0.25) is 0 Å². The van der Waals surface area contributed by atoms with E-state index >= 15 is 0 Å². The van der Waals surface area contributed by atoms with Crippen molar-refractivity contribution in [3.05, 3.63) is 58.1 Å². The van der Waals surface area contributed by atoms with Gasteiger partial charge >= 0.3 is 0 Å². The lowest BCUT2D eigenvalue weighted by atomic mass is 10.2. The predicted molar refractivity (Wildman–Crippen MR) is 123 cm³/mol. The summed E-state index contributed by atoms with van der Waals surface area (Å²) in [6, 6.07) is 12.4. The summed E-state index contributed by atoms with van der Waals surface area (Å²) >= 11 is 8.44. The number of thiocarbonyl (C=S) groups is 1. The number of unbranched alkanes of at least 4 members (excludes halogenated alkanes) is 1. The van der Waals surface area contributed by atoms with Crippen LogP contribution >= 0.6 is 28.1 Å². The van der Waals surface area contributed by atoms with Gasteiger partial charge < -0.3 is 9.47 Å². The highest BCUT2D eigenvalue weighted by Gasteiger charge is 2.11. The van der Waals surface area contributed by atoms with E-state index < -0.39 is 11.8 Å². The van der Waals surface area contributed by atoms with E-state index in [1.165, 1.54) is 0 Å². The monoisotopic (exact) mass is 493 g/mol. The zero-order chi connectivity index (χ0) is 21.9. The van der Waals surface area contributed by atoms with Crippen LogP contribution in [0.5, 0.6) is 11.5 Å². The summed E-state index contributed by atoms with van der Waals surface area (Å²) in [6.07, 6.45) is 1.99. The number of ether oxygens (including phenoxy) is 2. The highest BCUT2D eigenvalue weighted by Crippen LogP contribution is 2.26. The second kappa shape index (κ2) is 12.1. The molecule has 0 radical (unpaired) electrons. The number of hydrogen-bond acceptors (Lipinski definition) is 5. The van der Waals surface area contributed by atoms with Gasteiger partial charge in [0, 0.05) is 5.56 Å². The van der Waals surface area contributed by atoms with Crippen LogP contribution in [0.15, 0.2) is 46.9 Å². The maximum Gasteiger partial charge on any atom is 0.276 e. The lowest BCUT2D eigenvalue weighted by Crippen LogP contribution is -2.49. The number of rotatable bonds is 8. The Morgan fingerprint density at radius 1 is 1.10 bits per heavy atom. The largest absolute Gasteiger partial charge is 0.492 e. The summed E-state index contributed by atoms with van der Waals surface area (Å²) in [5, 5.41) is 2.46. The third kappa shape index (κ3) is 8.00. The zero-order valence-corrected chi connectivity index (χ0v) is 19.2. The minimum absolute atomic E-state index is 0.0386. The van der Waals surface area contributed by atoms with E-state index in [9.17, 15) is 9.59 Å². The highest BCUT2D eigenvalue weighted by atomic mass is 79.9. The predicted octanol–water partition coefficient (Wildman–Crippen LogP) is 3.65. The van der Waals surface area contributed by atoms with Crippen molar-refractivity contribution in [3.8, 4) is 11.5 Å². The molecule has 0 atom stereocenters. The molecule has 0 aliphatic heterocycles. The number of carbonyl (C=O) groups excluding carboxylic acids is 2. The van der Waals surface area contributed by atoms with Crippen molar-refractivity contribution in [2.45, 2.75) is 26.7 Å². The molecule has 0 spiro atoms. The molecule has 0 heterocycles. The van der Waals surface area contributed by atoms with Crippen LogP contribution in [0.4, 0.5) is 0 Å². The smallest absolute Gasteiger partial charge is 0.276 e. The molecule has 3 N–H and O–H groups in total. The Hall–Kier alpha value is -2.65. The molecular weight excluding hydrogens is 470 g/mol. The lowest BCUT2D eigenvalue weighted by molar-refractivity contribution is -0.123. The number of carbonyl (C=O) groups is 2. The summed E-state index contributed by atoms with van der Waals surface area (Å²) in [7, 11) is 0. The maximum atomic E-state index is 12.3. The molecule has 7 nitrogen and oxygen atoms in total. The second-order valence-corrected chi connectivity index (χ2v) is 7.67. The SMILES string of the molecule is CCCCOc1ccc(C(=O)NC(=S)NNC(=O)COc2cccc(C)c2)cc1Br. The van der Waals surface area contributed by atoms with Crippen LogP contribution < -0.4 is 25.6 Å². The molecule has 2 amide bonds. The van der Waals surface area contributed by atoms with E-state index in [1.807, 2.05) is 25.1 Å². The first kappa shape index (κ1) is 23.6. The summed E-state index contributed by atoms with van der Waals surface area (Å²) in [5.74, 6) is 0.401. The number of benzene rings is 2. The van der Waals surface area contributed by atoms with Crippen molar-refractivity contribution in [2.75, 3.05) is 13.2 Å². The lowest BCUT2D eigenvalue weighted by Gasteiger charge is -2.12. The summed E-state index contributed by atoms with van der Waals surface area (Å²) in [5.41, 5.74) is 6.27. The average Bonchev–Trinajstić information content (AvgIpc) is 2.72. The molecule has 30 heavy (non-hydrogen) atoms. The first-order chi connectivity index (χ1) is 14.4. The van der Waals surface area contributed by atoms with Crippen molar-refractivity contribution in [3.63, 3.8) is 0 Å². The zero-order valence-electron chi connectivity index (χ0n) is 16.8. The molecule has 2 rings (SSSR count). The first-order valence-electron chi connectivity index (χ1n) is 9.41. The van der Waals surface area contributed by atoms with E-state index in [1.54, 1.807) is 24.3 Å². The highest BCUT2D eigenvalue weighted by molar-refractivity contribution is 9.10. The molecule has 2 aromatic carbocycles. The van der Waals surface area contributed by atoms with Gasteiger partial charge in [-0.2, -0.15) is 0 Å². The van der Waals surface area contributed by atoms with E-state index in [0.717, 1.165) is 18.4 Å². The first-order valence-corrected chi connectivity index (χ1v) is 10.6. The molecular formula is C21H24BrN3O4S. The molecule has 0 bridgehead atoms. The Kier molecular flexibility index (Phi) is 9.56. The number of hydrogen-bond donors (Lipinski definition) is 3. The van der Waals surface area contributed by atoms with Gasteiger partial charge in [-0.3, -0.25) is 25.8 Å². The third-order valence-electron chi connectivity index (χ3n) is 3.85. The molecule has 0 saturated heterocycles. The van der Waals surface area contributed by atoms with Crippen LogP contribution in [0.25, 0.3) is 0 Å². The van der Waals surface area contributed by atoms with Crippen LogP contribution in [-0.2, 0) is 4.79 Å². The van der Waals surface area contributed by atoms with Crippen molar-refractivity contribution >= 4 is 45.1 Å². The van der Waals surface area contributed by atoms with Gasteiger partial charge in [-0.15, -0.1) is 0 Å².